The molecule has 0 fully saturated rings. The first-order valence-corrected chi connectivity index (χ1v) is 7.65. The molecule has 0 saturated heterocycles. The third-order valence-electron chi connectivity index (χ3n) is 3.90. The Morgan fingerprint density at radius 3 is 2.57 bits per heavy atom. The van der Waals surface area contributed by atoms with Crippen LogP contribution in [0.5, 0.6) is 0 Å². The van der Waals surface area contributed by atoms with Gasteiger partial charge in [0.15, 0.2) is 0 Å². The second-order valence-corrected chi connectivity index (χ2v) is 5.73. The molecule has 0 unspecified atom stereocenters. The Morgan fingerprint density at radius 1 is 1.00 bits per heavy atom. The highest BCUT2D eigenvalue weighted by molar-refractivity contribution is 6.38. The van der Waals surface area contributed by atoms with Gasteiger partial charge in [0, 0.05) is 29.8 Å². The van der Waals surface area contributed by atoms with E-state index in [-0.39, 0.29) is 0 Å². The molecule has 0 aliphatic carbocycles. The molecule has 3 nitrogen and oxygen atoms in total. The molecule has 111 valence electrons. The van der Waals surface area contributed by atoms with Gasteiger partial charge in [-0.3, -0.25) is 4.98 Å². The van der Waals surface area contributed by atoms with Crippen LogP contribution in [0.3, 0.4) is 0 Å². The summed E-state index contributed by atoms with van der Waals surface area (Å²) in [6.45, 7) is 0. The highest BCUT2D eigenvalue weighted by Gasteiger charge is 2.11. The number of imidazole rings is 1. The highest BCUT2D eigenvalue weighted by atomic mass is 35.5. The van der Waals surface area contributed by atoms with E-state index in [4.69, 9.17) is 11.6 Å². The first kappa shape index (κ1) is 14.0. The predicted molar refractivity (Wildman–Crippen MR) is 93.2 cm³/mol. The maximum absolute atomic E-state index is 6.67. The summed E-state index contributed by atoms with van der Waals surface area (Å²) < 4.78 is 1.86. The molecule has 1 radical (unpaired) electrons. The normalized spacial score (nSPS) is 11.0. The zero-order chi connectivity index (χ0) is 15.8. The van der Waals surface area contributed by atoms with Crippen molar-refractivity contribution in [1.82, 2.24) is 14.5 Å². The lowest BCUT2D eigenvalue weighted by Gasteiger charge is -2.09. The summed E-state index contributed by atoms with van der Waals surface area (Å²) in [7, 11) is 1.92. The Labute approximate surface area is 139 Å². The van der Waals surface area contributed by atoms with Crippen LogP contribution < -0.4 is 0 Å². The lowest BCUT2D eigenvalue weighted by atomic mass is 10.0. The van der Waals surface area contributed by atoms with Crippen molar-refractivity contribution in [2.24, 2.45) is 7.05 Å². The molecule has 4 aromatic rings. The van der Waals surface area contributed by atoms with Crippen LogP contribution in [-0.2, 0) is 7.05 Å². The fourth-order valence-electron chi connectivity index (χ4n) is 2.71. The van der Waals surface area contributed by atoms with Crippen LogP contribution in [0.25, 0.3) is 33.4 Å². The number of halogens is 1. The summed E-state index contributed by atoms with van der Waals surface area (Å²) >= 11 is 6.67. The topological polar surface area (TPSA) is 30.7 Å². The smallest absolute Gasteiger partial charge is 0.140 e. The van der Waals surface area contributed by atoms with Gasteiger partial charge < -0.3 is 4.57 Å². The fraction of sp³-hybridized carbons (Fsp3) is 0.0526. The molecule has 2 aromatic carbocycles. The first-order chi connectivity index (χ1) is 11.2. The number of hydrogen-bond donors (Lipinski definition) is 0. The molecule has 0 atom stereocenters. The number of hydrogen-bond acceptors (Lipinski definition) is 2. The van der Waals surface area contributed by atoms with E-state index in [1.165, 1.54) is 0 Å². The van der Waals surface area contributed by atoms with Crippen molar-refractivity contribution in [2.45, 2.75) is 0 Å². The Balaban J connectivity index is 1.94. The molecule has 0 bridgehead atoms. The molecule has 0 spiro atoms. The van der Waals surface area contributed by atoms with Gasteiger partial charge >= 0.3 is 0 Å². The van der Waals surface area contributed by atoms with Gasteiger partial charge in [-0.25, -0.2) is 4.98 Å². The molecule has 0 aliphatic rings. The van der Waals surface area contributed by atoms with Gasteiger partial charge in [-0.05, 0) is 23.8 Å². The number of aromatic nitrogens is 3. The number of rotatable bonds is 2. The van der Waals surface area contributed by atoms with Crippen LogP contribution in [-0.4, -0.2) is 14.5 Å². The largest absolute Gasteiger partial charge is 0.326 e. The van der Waals surface area contributed by atoms with Crippen molar-refractivity contribution in [3.63, 3.8) is 0 Å². The molecule has 0 amide bonds. The van der Waals surface area contributed by atoms with E-state index in [0.717, 1.165) is 33.4 Å². The SMILES string of the molecule is Cn1[c]cnc1-c1ccc2ncc(-c3ccccc3)c(Cl)c2c1. The van der Waals surface area contributed by atoms with Crippen LogP contribution in [0.4, 0.5) is 0 Å². The summed E-state index contributed by atoms with van der Waals surface area (Å²) in [5.74, 6) is 0.855. The first-order valence-electron chi connectivity index (χ1n) is 7.27. The van der Waals surface area contributed by atoms with Crippen LogP contribution in [0, 0.1) is 6.20 Å². The van der Waals surface area contributed by atoms with Crippen LogP contribution >= 0.6 is 11.6 Å². The van der Waals surface area contributed by atoms with Gasteiger partial charge in [0.25, 0.3) is 0 Å². The Morgan fingerprint density at radius 2 is 1.83 bits per heavy atom. The molecule has 0 N–H and O–H groups in total. The molecule has 2 aromatic heterocycles. The van der Waals surface area contributed by atoms with E-state index in [0.29, 0.717) is 5.02 Å². The maximum atomic E-state index is 6.67. The van der Waals surface area contributed by atoms with E-state index in [9.17, 15) is 0 Å². The molecule has 0 aliphatic heterocycles. The van der Waals surface area contributed by atoms with Crippen molar-refractivity contribution in [1.29, 1.82) is 0 Å². The summed E-state index contributed by atoms with van der Waals surface area (Å²) in [6.07, 6.45) is 6.52. The lowest BCUT2D eigenvalue weighted by Crippen LogP contribution is -1.92. The van der Waals surface area contributed by atoms with Crippen molar-refractivity contribution in [3.8, 4) is 22.5 Å². The van der Waals surface area contributed by atoms with Crippen LogP contribution in [0.2, 0.25) is 5.02 Å². The van der Waals surface area contributed by atoms with Crippen molar-refractivity contribution in [3.05, 3.63) is 72.1 Å². The Hall–Kier alpha value is -2.65. The average molecular weight is 319 g/mol. The third kappa shape index (κ3) is 2.39. The fourth-order valence-corrected chi connectivity index (χ4v) is 3.02. The van der Waals surface area contributed by atoms with Crippen molar-refractivity contribution >= 4 is 22.5 Å². The highest BCUT2D eigenvalue weighted by Crippen LogP contribution is 2.34. The third-order valence-corrected chi connectivity index (χ3v) is 4.31. The van der Waals surface area contributed by atoms with E-state index in [1.54, 1.807) is 6.20 Å². The molecule has 0 saturated carbocycles. The van der Waals surface area contributed by atoms with E-state index in [2.05, 4.69) is 16.2 Å². The quantitative estimate of drug-likeness (QED) is 0.533. The minimum Gasteiger partial charge on any atom is -0.326 e. The van der Waals surface area contributed by atoms with Gasteiger partial charge in [-0.15, -0.1) is 0 Å². The maximum Gasteiger partial charge on any atom is 0.140 e. The number of aryl methyl sites for hydroxylation is 1. The second kappa shape index (κ2) is 5.52. The molecular formula is C19H13ClN3. The number of fused-ring (bicyclic) bond motifs is 1. The molecule has 23 heavy (non-hydrogen) atoms. The van der Waals surface area contributed by atoms with Gasteiger partial charge in [0.2, 0.25) is 0 Å². The van der Waals surface area contributed by atoms with E-state index < -0.39 is 0 Å². The monoisotopic (exact) mass is 318 g/mol. The molecule has 2 heterocycles. The summed E-state index contributed by atoms with van der Waals surface area (Å²) in [5.41, 5.74) is 3.86. The van der Waals surface area contributed by atoms with Crippen molar-refractivity contribution < 1.29 is 0 Å². The zero-order valence-electron chi connectivity index (χ0n) is 12.5. The molecule has 4 heteroatoms. The molecular weight excluding hydrogens is 306 g/mol. The number of nitrogens with zero attached hydrogens (tertiary/aromatic N) is 3. The van der Waals surface area contributed by atoms with Gasteiger partial charge in [-0.1, -0.05) is 41.9 Å². The van der Waals surface area contributed by atoms with E-state index >= 15 is 0 Å². The second-order valence-electron chi connectivity index (χ2n) is 5.35. The number of benzene rings is 2. The van der Waals surface area contributed by atoms with E-state index in [1.807, 2.05) is 66.3 Å². The number of pyridine rings is 1. The van der Waals surface area contributed by atoms with Crippen LogP contribution in [0.1, 0.15) is 0 Å². The Bertz CT molecular complexity index is 990. The van der Waals surface area contributed by atoms with Crippen LogP contribution in [0.15, 0.2) is 60.9 Å². The van der Waals surface area contributed by atoms with Crippen molar-refractivity contribution in [2.75, 3.05) is 0 Å². The predicted octanol–water partition coefficient (Wildman–Crippen LogP) is 4.76. The average Bonchev–Trinajstić information content (AvgIpc) is 3.02. The Kier molecular flexibility index (Phi) is 3.36. The summed E-state index contributed by atoms with van der Waals surface area (Å²) in [4.78, 5) is 8.89. The lowest BCUT2D eigenvalue weighted by molar-refractivity contribution is 0.917. The summed E-state index contributed by atoms with van der Waals surface area (Å²) in [5, 5.41) is 1.63. The molecule has 4 rings (SSSR count). The standard InChI is InChI=1S/C19H13ClN3/c1-23-10-9-21-19(23)14-7-8-17-15(11-14)18(20)16(12-22-17)13-5-3-2-4-6-13/h2-9,11-12H,1H3. The minimum atomic E-state index is 0.709. The zero-order valence-corrected chi connectivity index (χ0v) is 13.2. The van der Waals surface area contributed by atoms with Gasteiger partial charge in [0.1, 0.15) is 5.82 Å². The van der Waals surface area contributed by atoms with Gasteiger partial charge in [0.05, 0.1) is 22.9 Å². The minimum absolute atomic E-state index is 0.709. The summed E-state index contributed by atoms with van der Waals surface area (Å²) in [6, 6.07) is 16.1. The van der Waals surface area contributed by atoms with Gasteiger partial charge in [-0.2, -0.15) is 0 Å².